The fraction of sp³-hybridized carbons (Fsp3) is 0.0625. The molecule has 6 nitrogen and oxygen atoms in total. The van der Waals surface area contributed by atoms with Gasteiger partial charge in [0, 0.05) is 12.5 Å². The number of benzene rings is 2. The van der Waals surface area contributed by atoms with Crippen molar-refractivity contribution in [3.63, 3.8) is 0 Å². The average molecular weight is 315 g/mol. The molecule has 0 atom stereocenters. The second kappa shape index (κ2) is 6.69. The van der Waals surface area contributed by atoms with Gasteiger partial charge < -0.3 is 16.4 Å². The first-order valence-electron chi connectivity index (χ1n) is 6.66. The van der Waals surface area contributed by atoms with E-state index in [0.717, 1.165) is 6.07 Å². The van der Waals surface area contributed by atoms with E-state index in [4.69, 9.17) is 5.73 Å². The number of hydrogen-bond donors (Lipinski definition) is 3. The van der Waals surface area contributed by atoms with Crippen LogP contribution in [0.1, 0.15) is 27.6 Å². The van der Waals surface area contributed by atoms with Crippen molar-refractivity contribution in [1.29, 1.82) is 0 Å². The summed E-state index contributed by atoms with van der Waals surface area (Å²) in [6.07, 6.45) is 0. The Hall–Kier alpha value is -3.22. The molecule has 0 aliphatic heterocycles. The Balaban J connectivity index is 2.28. The van der Waals surface area contributed by atoms with E-state index in [1.807, 2.05) is 0 Å². The van der Waals surface area contributed by atoms with Crippen LogP contribution in [0.25, 0.3) is 0 Å². The molecule has 7 heteroatoms. The van der Waals surface area contributed by atoms with Crippen molar-refractivity contribution in [2.75, 3.05) is 10.6 Å². The van der Waals surface area contributed by atoms with E-state index in [-0.39, 0.29) is 22.5 Å². The Morgan fingerprint density at radius 2 is 1.70 bits per heavy atom. The van der Waals surface area contributed by atoms with Gasteiger partial charge in [-0.1, -0.05) is 12.1 Å². The molecule has 0 saturated carbocycles. The lowest BCUT2D eigenvalue weighted by Crippen LogP contribution is -2.18. The number of anilines is 2. The van der Waals surface area contributed by atoms with Gasteiger partial charge in [-0.15, -0.1) is 0 Å². The first-order valence-corrected chi connectivity index (χ1v) is 6.66. The normalized spacial score (nSPS) is 10.0. The van der Waals surface area contributed by atoms with Crippen LogP contribution in [0.3, 0.4) is 0 Å². The smallest absolute Gasteiger partial charge is 0.255 e. The molecule has 2 aromatic rings. The number of carbonyl (C=O) groups excluding carboxylic acids is 3. The van der Waals surface area contributed by atoms with Crippen molar-refractivity contribution >= 4 is 29.1 Å². The predicted molar refractivity (Wildman–Crippen MR) is 83.6 cm³/mol. The predicted octanol–water partition coefficient (Wildman–Crippen LogP) is 2.14. The number of carbonyl (C=O) groups is 3. The molecule has 2 aromatic carbocycles. The lowest BCUT2D eigenvalue weighted by molar-refractivity contribution is -0.114. The molecular formula is C16H14FN3O3. The Labute approximate surface area is 131 Å². The summed E-state index contributed by atoms with van der Waals surface area (Å²) in [5, 5.41) is 4.83. The zero-order valence-electron chi connectivity index (χ0n) is 12.2. The number of nitrogens with two attached hydrogens (primary N) is 1. The van der Waals surface area contributed by atoms with Crippen LogP contribution >= 0.6 is 0 Å². The number of nitrogens with one attached hydrogen (secondary N) is 2. The average Bonchev–Trinajstić information content (AvgIpc) is 2.49. The van der Waals surface area contributed by atoms with Crippen molar-refractivity contribution < 1.29 is 18.8 Å². The standard InChI is InChI=1S/C16H14FN3O3/c1-9(21)19-14-8-10(6-7-12(14)17)16(23)20-13-5-3-2-4-11(13)15(18)22/h2-8H,1H3,(H2,18,22)(H,19,21)(H,20,23). The monoisotopic (exact) mass is 315 g/mol. The summed E-state index contributed by atoms with van der Waals surface area (Å²) >= 11 is 0. The van der Waals surface area contributed by atoms with Crippen LogP contribution < -0.4 is 16.4 Å². The van der Waals surface area contributed by atoms with E-state index in [1.54, 1.807) is 12.1 Å². The fourth-order valence-corrected chi connectivity index (χ4v) is 1.95. The van der Waals surface area contributed by atoms with Gasteiger partial charge in [0.15, 0.2) is 0 Å². The largest absolute Gasteiger partial charge is 0.366 e. The molecule has 0 aliphatic rings. The number of halogens is 1. The van der Waals surface area contributed by atoms with Crippen LogP contribution in [0.2, 0.25) is 0 Å². The summed E-state index contributed by atoms with van der Waals surface area (Å²) in [5.74, 6) is -2.36. The van der Waals surface area contributed by atoms with Crippen LogP contribution in [0.15, 0.2) is 42.5 Å². The van der Waals surface area contributed by atoms with E-state index in [1.165, 1.54) is 31.2 Å². The summed E-state index contributed by atoms with van der Waals surface area (Å²) in [5.41, 5.74) is 5.66. The van der Waals surface area contributed by atoms with Gasteiger partial charge in [0.25, 0.3) is 11.8 Å². The molecule has 0 spiro atoms. The van der Waals surface area contributed by atoms with Gasteiger partial charge in [-0.05, 0) is 30.3 Å². The molecule has 4 N–H and O–H groups in total. The minimum Gasteiger partial charge on any atom is -0.366 e. The van der Waals surface area contributed by atoms with Crippen molar-refractivity contribution in [3.8, 4) is 0 Å². The molecule has 3 amide bonds. The van der Waals surface area contributed by atoms with Gasteiger partial charge >= 0.3 is 0 Å². The molecule has 0 fully saturated rings. The Morgan fingerprint density at radius 1 is 1.00 bits per heavy atom. The molecule has 118 valence electrons. The maximum atomic E-state index is 13.6. The second-order valence-corrected chi connectivity index (χ2v) is 4.74. The van der Waals surface area contributed by atoms with Crippen LogP contribution in [-0.2, 0) is 4.79 Å². The molecule has 23 heavy (non-hydrogen) atoms. The molecule has 0 saturated heterocycles. The van der Waals surface area contributed by atoms with Crippen LogP contribution in [-0.4, -0.2) is 17.7 Å². The number of amides is 3. The lowest BCUT2D eigenvalue weighted by Gasteiger charge is -2.10. The molecular weight excluding hydrogens is 301 g/mol. The second-order valence-electron chi connectivity index (χ2n) is 4.74. The third kappa shape index (κ3) is 3.91. The van der Waals surface area contributed by atoms with E-state index >= 15 is 0 Å². The fourth-order valence-electron chi connectivity index (χ4n) is 1.95. The minimum atomic E-state index is -0.682. The van der Waals surface area contributed by atoms with Gasteiger partial charge in [-0.2, -0.15) is 0 Å². The summed E-state index contributed by atoms with van der Waals surface area (Å²) in [6.45, 7) is 1.23. The van der Waals surface area contributed by atoms with Crippen molar-refractivity contribution in [2.24, 2.45) is 5.73 Å². The Kier molecular flexibility index (Phi) is 4.70. The Morgan fingerprint density at radius 3 is 2.35 bits per heavy atom. The minimum absolute atomic E-state index is 0.103. The summed E-state index contributed by atoms with van der Waals surface area (Å²) in [4.78, 5) is 34.6. The van der Waals surface area contributed by atoms with Gasteiger partial charge in [-0.3, -0.25) is 14.4 Å². The first kappa shape index (κ1) is 16.2. The molecule has 2 rings (SSSR count). The van der Waals surface area contributed by atoms with E-state index < -0.39 is 23.5 Å². The quantitative estimate of drug-likeness (QED) is 0.805. The number of hydrogen-bond acceptors (Lipinski definition) is 3. The highest BCUT2D eigenvalue weighted by molar-refractivity contribution is 6.09. The first-order chi connectivity index (χ1) is 10.9. The van der Waals surface area contributed by atoms with Crippen molar-refractivity contribution in [3.05, 3.63) is 59.4 Å². The number of rotatable bonds is 4. The molecule has 0 bridgehead atoms. The van der Waals surface area contributed by atoms with Gasteiger partial charge in [-0.25, -0.2) is 4.39 Å². The third-order valence-electron chi connectivity index (χ3n) is 2.98. The number of primary amides is 1. The molecule has 0 unspecified atom stereocenters. The van der Waals surface area contributed by atoms with E-state index in [2.05, 4.69) is 10.6 Å². The van der Waals surface area contributed by atoms with Gasteiger partial charge in [0.05, 0.1) is 16.9 Å². The zero-order chi connectivity index (χ0) is 17.0. The summed E-state index contributed by atoms with van der Waals surface area (Å²) in [7, 11) is 0. The van der Waals surface area contributed by atoms with Crippen molar-refractivity contribution in [2.45, 2.75) is 6.92 Å². The van der Waals surface area contributed by atoms with Crippen LogP contribution in [0, 0.1) is 5.82 Å². The maximum Gasteiger partial charge on any atom is 0.255 e. The SMILES string of the molecule is CC(=O)Nc1cc(C(=O)Nc2ccccc2C(N)=O)ccc1F. The summed E-state index contributed by atoms with van der Waals surface area (Å²) in [6, 6.07) is 9.79. The van der Waals surface area contributed by atoms with Crippen LogP contribution in [0.5, 0.6) is 0 Å². The van der Waals surface area contributed by atoms with E-state index in [9.17, 15) is 18.8 Å². The van der Waals surface area contributed by atoms with Crippen LogP contribution in [0.4, 0.5) is 15.8 Å². The highest BCUT2D eigenvalue weighted by Gasteiger charge is 2.14. The summed E-state index contributed by atoms with van der Waals surface area (Å²) < 4.78 is 13.6. The van der Waals surface area contributed by atoms with Gasteiger partial charge in [0.1, 0.15) is 5.82 Å². The highest BCUT2D eigenvalue weighted by atomic mass is 19.1. The van der Waals surface area contributed by atoms with Crippen molar-refractivity contribution in [1.82, 2.24) is 0 Å². The maximum absolute atomic E-state index is 13.6. The third-order valence-corrected chi connectivity index (χ3v) is 2.98. The zero-order valence-corrected chi connectivity index (χ0v) is 12.2. The van der Waals surface area contributed by atoms with E-state index in [0.29, 0.717) is 0 Å². The molecule has 0 aromatic heterocycles. The van der Waals surface area contributed by atoms with Gasteiger partial charge in [0.2, 0.25) is 5.91 Å². The lowest BCUT2D eigenvalue weighted by atomic mass is 10.1. The number of para-hydroxylation sites is 1. The Bertz CT molecular complexity index is 790. The topological polar surface area (TPSA) is 101 Å². The molecule has 0 radical (unpaired) electrons. The highest BCUT2D eigenvalue weighted by Crippen LogP contribution is 2.19. The molecule has 0 heterocycles. The molecule has 0 aliphatic carbocycles.